The molecule has 0 aliphatic carbocycles. The number of benzene rings is 2. The summed E-state index contributed by atoms with van der Waals surface area (Å²) >= 11 is 6.86. The van der Waals surface area contributed by atoms with Crippen LogP contribution in [0.15, 0.2) is 59.5 Å². The molecule has 8 heteroatoms. The van der Waals surface area contributed by atoms with Crippen molar-refractivity contribution in [3.8, 4) is 0 Å². The van der Waals surface area contributed by atoms with Gasteiger partial charge in [-0.25, -0.2) is 0 Å². The molecule has 2 aromatic carbocycles. The van der Waals surface area contributed by atoms with E-state index in [1.54, 1.807) is 24.3 Å². The summed E-state index contributed by atoms with van der Waals surface area (Å²) < 4.78 is 0. The molecule has 2 aromatic rings. The molecule has 3 rings (SSSR count). The van der Waals surface area contributed by atoms with Gasteiger partial charge in [-0.05, 0) is 41.5 Å². The highest BCUT2D eigenvalue weighted by Crippen LogP contribution is 2.33. The van der Waals surface area contributed by atoms with E-state index in [4.69, 9.17) is 11.6 Å². The predicted molar refractivity (Wildman–Crippen MR) is 113 cm³/mol. The molecule has 1 aliphatic heterocycles. The summed E-state index contributed by atoms with van der Waals surface area (Å²) in [6.45, 7) is -0.662. The largest absolute Gasteiger partial charge is 0.394 e. The zero-order valence-electron chi connectivity index (χ0n) is 15.4. The number of nitrogens with one attached hydrogen (secondary N) is 1. The summed E-state index contributed by atoms with van der Waals surface area (Å²) in [6, 6.07) is 15.9. The summed E-state index contributed by atoms with van der Waals surface area (Å²) in [7, 11) is 0. The number of aliphatic hydroxyl groups excluding tert-OH is 1. The van der Waals surface area contributed by atoms with Crippen molar-refractivity contribution >= 4 is 46.5 Å². The second kappa shape index (κ2) is 9.73. The van der Waals surface area contributed by atoms with Crippen LogP contribution < -0.4 is 5.32 Å². The van der Waals surface area contributed by atoms with Crippen molar-refractivity contribution in [2.75, 3.05) is 13.2 Å². The zero-order chi connectivity index (χ0) is 20.8. The van der Waals surface area contributed by atoms with Gasteiger partial charge in [0.1, 0.15) is 6.54 Å². The van der Waals surface area contributed by atoms with Crippen LogP contribution in [0.4, 0.5) is 4.79 Å². The summed E-state index contributed by atoms with van der Waals surface area (Å²) in [6.07, 6.45) is 1.98. The smallest absolute Gasteiger partial charge is 0.294 e. The Bertz CT molecular complexity index is 949. The molecule has 0 saturated carbocycles. The van der Waals surface area contributed by atoms with Crippen molar-refractivity contribution in [2.24, 2.45) is 0 Å². The summed E-state index contributed by atoms with van der Waals surface area (Å²) in [5.41, 5.74) is 1.58. The SMILES string of the molecule is O=C(CN1C(=O)S/C(=C\c2ccccc2Cl)C1=O)NC(CO)Cc1ccccc1. The number of imide groups is 1. The molecule has 1 atom stereocenters. The van der Waals surface area contributed by atoms with Crippen LogP contribution >= 0.6 is 23.4 Å². The van der Waals surface area contributed by atoms with Crippen LogP contribution in [0.1, 0.15) is 11.1 Å². The third-order valence-corrected chi connectivity index (χ3v) is 5.53. The first-order chi connectivity index (χ1) is 14.0. The van der Waals surface area contributed by atoms with E-state index in [1.807, 2.05) is 30.3 Å². The van der Waals surface area contributed by atoms with E-state index >= 15 is 0 Å². The maximum atomic E-state index is 12.6. The molecular weight excluding hydrogens is 412 g/mol. The number of carbonyl (C=O) groups is 3. The second-order valence-electron chi connectivity index (χ2n) is 6.43. The van der Waals surface area contributed by atoms with E-state index < -0.39 is 29.6 Å². The number of rotatable bonds is 7. The van der Waals surface area contributed by atoms with Crippen LogP contribution in [0.3, 0.4) is 0 Å². The van der Waals surface area contributed by atoms with Gasteiger partial charge in [-0.15, -0.1) is 0 Å². The molecule has 1 saturated heterocycles. The minimum Gasteiger partial charge on any atom is -0.394 e. The van der Waals surface area contributed by atoms with Crippen LogP contribution in [-0.2, 0) is 16.0 Å². The summed E-state index contributed by atoms with van der Waals surface area (Å²) in [5.74, 6) is -1.06. The highest BCUT2D eigenvalue weighted by atomic mass is 35.5. The van der Waals surface area contributed by atoms with Gasteiger partial charge in [-0.3, -0.25) is 19.3 Å². The third kappa shape index (κ3) is 5.47. The Hall–Kier alpha value is -2.61. The van der Waals surface area contributed by atoms with E-state index in [0.29, 0.717) is 17.0 Å². The molecular formula is C21H19ClN2O4S. The number of hydrogen-bond acceptors (Lipinski definition) is 5. The van der Waals surface area contributed by atoms with Crippen LogP contribution in [-0.4, -0.2) is 46.3 Å². The van der Waals surface area contributed by atoms with E-state index in [9.17, 15) is 19.5 Å². The van der Waals surface area contributed by atoms with Crippen molar-refractivity contribution in [3.05, 3.63) is 75.7 Å². The molecule has 6 nitrogen and oxygen atoms in total. The van der Waals surface area contributed by atoms with E-state index in [-0.39, 0.29) is 11.5 Å². The van der Waals surface area contributed by atoms with E-state index in [0.717, 1.165) is 22.2 Å². The van der Waals surface area contributed by atoms with Gasteiger partial charge in [0, 0.05) is 5.02 Å². The Kier molecular flexibility index (Phi) is 7.09. The molecule has 2 N–H and O–H groups in total. The lowest BCUT2D eigenvalue weighted by molar-refractivity contribution is -0.129. The fourth-order valence-corrected chi connectivity index (χ4v) is 3.87. The number of halogens is 1. The first kappa shape index (κ1) is 21.1. The highest BCUT2D eigenvalue weighted by molar-refractivity contribution is 8.18. The molecule has 0 aromatic heterocycles. The van der Waals surface area contributed by atoms with Crippen LogP contribution in [0.5, 0.6) is 0 Å². The van der Waals surface area contributed by atoms with Gasteiger partial charge in [0.2, 0.25) is 5.91 Å². The van der Waals surface area contributed by atoms with Crippen LogP contribution in [0, 0.1) is 0 Å². The Morgan fingerprint density at radius 2 is 1.83 bits per heavy atom. The number of aliphatic hydroxyl groups is 1. The molecule has 0 spiro atoms. The minimum absolute atomic E-state index is 0.207. The first-order valence-corrected chi connectivity index (χ1v) is 10.1. The lowest BCUT2D eigenvalue weighted by Crippen LogP contribution is -2.45. The van der Waals surface area contributed by atoms with Crippen LogP contribution in [0.25, 0.3) is 6.08 Å². The fourth-order valence-electron chi connectivity index (χ4n) is 2.85. The average molecular weight is 431 g/mol. The topological polar surface area (TPSA) is 86.7 Å². The van der Waals surface area contributed by atoms with Gasteiger partial charge in [0.05, 0.1) is 17.6 Å². The maximum Gasteiger partial charge on any atom is 0.294 e. The molecule has 1 unspecified atom stereocenters. The summed E-state index contributed by atoms with van der Waals surface area (Å²) in [5, 5.41) is 12.2. The van der Waals surface area contributed by atoms with Crippen molar-refractivity contribution in [1.82, 2.24) is 10.2 Å². The van der Waals surface area contributed by atoms with Gasteiger partial charge in [0.25, 0.3) is 11.1 Å². The van der Waals surface area contributed by atoms with Gasteiger partial charge in [-0.1, -0.05) is 60.1 Å². The maximum absolute atomic E-state index is 12.6. The van der Waals surface area contributed by atoms with Gasteiger partial charge < -0.3 is 10.4 Å². The number of carbonyl (C=O) groups excluding carboxylic acids is 3. The molecule has 0 bridgehead atoms. The Morgan fingerprint density at radius 3 is 2.52 bits per heavy atom. The van der Waals surface area contributed by atoms with Crippen molar-refractivity contribution in [3.63, 3.8) is 0 Å². The Balaban J connectivity index is 1.63. The standard InChI is InChI=1S/C21H19ClN2O4S/c22-17-9-5-4-8-15(17)11-18-20(27)24(21(28)29-18)12-19(26)23-16(13-25)10-14-6-2-1-3-7-14/h1-9,11,16,25H,10,12-13H2,(H,23,26)/b18-11-. The quantitative estimate of drug-likeness (QED) is 0.659. The number of nitrogens with zero attached hydrogens (tertiary/aromatic N) is 1. The molecule has 150 valence electrons. The normalized spacial score (nSPS) is 16.3. The summed E-state index contributed by atoms with van der Waals surface area (Å²) in [4.78, 5) is 38.2. The fraction of sp³-hybridized carbons (Fsp3) is 0.190. The molecule has 1 heterocycles. The van der Waals surface area contributed by atoms with Crippen molar-refractivity contribution in [2.45, 2.75) is 12.5 Å². The lowest BCUT2D eigenvalue weighted by Gasteiger charge is -2.18. The number of amides is 3. The van der Waals surface area contributed by atoms with Crippen molar-refractivity contribution in [1.29, 1.82) is 0 Å². The molecule has 29 heavy (non-hydrogen) atoms. The van der Waals surface area contributed by atoms with Gasteiger partial charge >= 0.3 is 0 Å². The Labute approximate surface area is 177 Å². The third-order valence-electron chi connectivity index (χ3n) is 4.28. The minimum atomic E-state index is -0.543. The molecule has 0 radical (unpaired) electrons. The van der Waals surface area contributed by atoms with Crippen molar-refractivity contribution < 1.29 is 19.5 Å². The first-order valence-electron chi connectivity index (χ1n) is 8.92. The molecule has 1 aliphatic rings. The molecule has 1 fully saturated rings. The number of hydrogen-bond donors (Lipinski definition) is 2. The number of thioether (sulfide) groups is 1. The average Bonchev–Trinajstić information content (AvgIpc) is 2.97. The van der Waals surface area contributed by atoms with E-state index in [1.165, 1.54) is 6.08 Å². The lowest BCUT2D eigenvalue weighted by atomic mass is 10.1. The predicted octanol–water partition coefficient (Wildman–Crippen LogP) is 3.10. The Morgan fingerprint density at radius 1 is 1.14 bits per heavy atom. The van der Waals surface area contributed by atoms with Crippen LogP contribution in [0.2, 0.25) is 5.02 Å². The molecule has 3 amide bonds. The zero-order valence-corrected chi connectivity index (χ0v) is 16.9. The second-order valence-corrected chi connectivity index (χ2v) is 7.83. The highest BCUT2D eigenvalue weighted by Gasteiger charge is 2.36. The monoisotopic (exact) mass is 430 g/mol. The van der Waals surface area contributed by atoms with Gasteiger partial charge in [0.15, 0.2) is 0 Å². The van der Waals surface area contributed by atoms with E-state index in [2.05, 4.69) is 5.32 Å². The van der Waals surface area contributed by atoms with Gasteiger partial charge in [-0.2, -0.15) is 0 Å².